The average Bonchev–Trinajstić information content (AvgIpc) is 2.32. The second-order valence-electron chi connectivity index (χ2n) is 6.18. The number of aliphatic hydroxyl groups is 1. The minimum Gasteiger partial charge on any atom is -0.389 e. The summed E-state index contributed by atoms with van der Waals surface area (Å²) in [5, 5.41) is 10.1. The van der Waals surface area contributed by atoms with Crippen LogP contribution in [0, 0.1) is 5.92 Å². The van der Waals surface area contributed by atoms with Crippen LogP contribution in [0.4, 0.5) is 4.39 Å². The van der Waals surface area contributed by atoms with Gasteiger partial charge in [-0.2, -0.15) is 0 Å². The van der Waals surface area contributed by atoms with Crippen LogP contribution in [0.2, 0.25) is 0 Å². The fraction of sp³-hybridized carbons (Fsp3) is 1.00. The van der Waals surface area contributed by atoms with Crippen LogP contribution in [0.1, 0.15) is 40.0 Å². The van der Waals surface area contributed by atoms with E-state index in [4.69, 9.17) is 0 Å². The van der Waals surface area contributed by atoms with E-state index in [-0.39, 0.29) is 5.54 Å². The highest BCUT2D eigenvalue weighted by atomic mass is 19.1. The first kappa shape index (κ1) is 11.3. The van der Waals surface area contributed by atoms with Gasteiger partial charge in [0.1, 0.15) is 6.17 Å². The Kier molecular flexibility index (Phi) is 2.59. The summed E-state index contributed by atoms with van der Waals surface area (Å²) < 4.78 is 13.5. The van der Waals surface area contributed by atoms with E-state index < -0.39 is 11.8 Å². The molecule has 15 heavy (non-hydrogen) atoms. The SMILES string of the molecule is CC(C)C[C@]12C[C@@H](F)CN1CC(C)(O)C2. The third-order valence-corrected chi connectivity index (χ3v) is 3.72. The second-order valence-corrected chi connectivity index (χ2v) is 6.18. The summed E-state index contributed by atoms with van der Waals surface area (Å²) in [4.78, 5) is 2.18. The van der Waals surface area contributed by atoms with E-state index in [0.29, 0.717) is 25.4 Å². The molecule has 2 nitrogen and oxygen atoms in total. The molecular weight excluding hydrogens is 193 g/mol. The van der Waals surface area contributed by atoms with Crippen LogP contribution in [-0.4, -0.2) is 40.4 Å². The molecule has 0 saturated carbocycles. The molecule has 88 valence electrons. The van der Waals surface area contributed by atoms with Crippen LogP contribution >= 0.6 is 0 Å². The van der Waals surface area contributed by atoms with Crippen molar-refractivity contribution in [1.29, 1.82) is 0 Å². The Balaban J connectivity index is 2.18. The molecule has 1 unspecified atom stereocenters. The Morgan fingerprint density at radius 1 is 1.53 bits per heavy atom. The molecular formula is C12H22FNO. The van der Waals surface area contributed by atoms with Crippen molar-refractivity contribution in [1.82, 2.24) is 4.90 Å². The van der Waals surface area contributed by atoms with Crippen molar-refractivity contribution in [3.63, 3.8) is 0 Å². The maximum atomic E-state index is 13.5. The lowest BCUT2D eigenvalue weighted by molar-refractivity contribution is 0.0631. The standard InChI is InChI=1S/C12H22FNO/c1-9(2)4-12-5-10(13)6-14(12)8-11(3,15)7-12/h9-10,15H,4-8H2,1-3H3/t10-,11?,12-/m1/s1. The summed E-state index contributed by atoms with van der Waals surface area (Å²) in [5.41, 5.74) is -0.674. The van der Waals surface area contributed by atoms with Crippen LogP contribution in [0.3, 0.4) is 0 Å². The van der Waals surface area contributed by atoms with E-state index in [9.17, 15) is 9.50 Å². The lowest BCUT2D eigenvalue weighted by atomic mass is 9.82. The molecule has 2 aliphatic rings. The summed E-state index contributed by atoms with van der Waals surface area (Å²) in [6.07, 6.45) is 1.66. The van der Waals surface area contributed by atoms with Crippen LogP contribution in [0.25, 0.3) is 0 Å². The predicted molar refractivity (Wildman–Crippen MR) is 58.5 cm³/mol. The first-order valence-electron chi connectivity index (χ1n) is 5.95. The van der Waals surface area contributed by atoms with E-state index in [2.05, 4.69) is 18.7 Å². The van der Waals surface area contributed by atoms with Gasteiger partial charge >= 0.3 is 0 Å². The summed E-state index contributed by atoms with van der Waals surface area (Å²) in [7, 11) is 0. The van der Waals surface area contributed by atoms with E-state index in [1.54, 1.807) is 0 Å². The smallest absolute Gasteiger partial charge is 0.115 e. The average molecular weight is 215 g/mol. The van der Waals surface area contributed by atoms with Crippen LogP contribution in [0.15, 0.2) is 0 Å². The van der Waals surface area contributed by atoms with Crippen molar-refractivity contribution in [2.45, 2.75) is 57.3 Å². The molecule has 0 aromatic rings. The maximum absolute atomic E-state index is 13.5. The number of nitrogens with zero attached hydrogens (tertiary/aromatic N) is 1. The number of hydrogen-bond acceptors (Lipinski definition) is 2. The van der Waals surface area contributed by atoms with Gasteiger partial charge in [-0.1, -0.05) is 13.8 Å². The molecule has 1 N–H and O–H groups in total. The van der Waals surface area contributed by atoms with Crippen molar-refractivity contribution in [3.8, 4) is 0 Å². The molecule has 0 bridgehead atoms. The molecule has 0 spiro atoms. The van der Waals surface area contributed by atoms with Gasteiger partial charge in [0.25, 0.3) is 0 Å². The van der Waals surface area contributed by atoms with Gasteiger partial charge in [-0.3, -0.25) is 4.90 Å². The predicted octanol–water partition coefficient (Wildman–Crippen LogP) is 1.97. The summed E-state index contributed by atoms with van der Waals surface area (Å²) in [5.74, 6) is 0.562. The van der Waals surface area contributed by atoms with Gasteiger partial charge in [-0.05, 0) is 32.1 Å². The van der Waals surface area contributed by atoms with Crippen molar-refractivity contribution in [2.24, 2.45) is 5.92 Å². The summed E-state index contributed by atoms with van der Waals surface area (Å²) in [6.45, 7) is 7.38. The lowest BCUT2D eigenvalue weighted by Crippen LogP contribution is -2.39. The Hall–Kier alpha value is -0.150. The monoisotopic (exact) mass is 215 g/mol. The highest BCUT2D eigenvalue weighted by Crippen LogP contribution is 2.47. The highest BCUT2D eigenvalue weighted by molar-refractivity contribution is 5.10. The van der Waals surface area contributed by atoms with Gasteiger partial charge in [0.05, 0.1) is 5.60 Å². The minimum absolute atomic E-state index is 0.0584. The molecule has 2 heterocycles. The molecule has 2 rings (SSSR count). The quantitative estimate of drug-likeness (QED) is 0.761. The summed E-state index contributed by atoms with van der Waals surface area (Å²) >= 11 is 0. The zero-order chi connectivity index (χ0) is 11.3. The molecule has 0 aliphatic carbocycles. The van der Waals surface area contributed by atoms with Gasteiger partial charge in [0.15, 0.2) is 0 Å². The van der Waals surface area contributed by atoms with Crippen LogP contribution < -0.4 is 0 Å². The number of rotatable bonds is 2. The Labute approximate surface area is 91.5 Å². The molecule has 0 amide bonds. The van der Waals surface area contributed by atoms with Crippen LogP contribution in [-0.2, 0) is 0 Å². The first-order valence-corrected chi connectivity index (χ1v) is 5.95. The zero-order valence-corrected chi connectivity index (χ0v) is 9.96. The number of halogens is 1. The van der Waals surface area contributed by atoms with E-state index in [1.165, 1.54) is 0 Å². The highest BCUT2D eigenvalue weighted by Gasteiger charge is 2.55. The molecule has 3 atom stereocenters. The number of β-amino-alcohol motifs (C(OH)–C–C–N with tert-alkyl or cyclic N) is 1. The van der Waals surface area contributed by atoms with Gasteiger partial charge < -0.3 is 5.11 Å². The van der Waals surface area contributed by atoms with E-state index in [0.717, 1.165) is 12.8 Å². The normalized spacial score (nSPS) is 46.4. The first-order chi connectivity index (χ1) is 6.83. The fourth-order valence-electron chi connectivity index (χ4n) is 3.68. The van der Waals surface area contributed by atoms with Gasteiger partial charge in [-0.15, -0.1) is 0 Å². The molecule has 2 aliphatic heterocycles. The molecule has 0 aromatic heterocycles. The Bertz CT molecular complexity index is 254. The van der Waals surface area contributed by atoms with Crippen molar-refractivity contribution in [3.05, 3.63) is 0 Å². The minimum atomic E-state index is -0.695. The van der Waals surface area contributed by atoms with E-state index >= 15 is 0 Å². The maximum Gasteiger partial charge on any atom is 0.115 e. The van der Waals surface area contributed by atoms with Crippen molar-refractivity contribution < 1.29 is 9.50 Å². The summed E-state index contributed by atoms with van der Waals surface area (Å²) in [6, 6.07) is 0. The topological polar surface area (TPSA) is 23.5 Å². The van der Waals surface area contributed by atoms with E-state index in [1.807, 2.05) is 6.92 Å². The molecule has 2 saturated heterocycles. The Morgan fingerprint density at radius 3 is 2.80 bits per heavy atom. The van der Waals surface area contributed by atoms with Gasteiger partial charge in [0.2, 0.25) is 0 Å². The molecule has 0 aromatic carbocycles. The number of alkyl halides is 1. The number of fused-ring (bicyclic) bond motifs is 1. The number of hydrogen-bond donors (Lipinski definition) is 1. The van der Waals surface area contributed by atoms with Crippen molar-refractivity contribution >= 4 is 0 Å². The van der Waals surface area contributed by atoms with Gasteiger partial charge in [0, 0.05) is 18.6 Å². The molecule has 3 heteroatoms. The molecule has 0 radical (unpaired) electrons. The Morgan fingerprint density at radius 2 is 2.20 bits per heavy atom. The third kappa shape index (κ3) is 2.04. The van der Waals surface area contributed by atoms with Gasteiger partial charge in [-0.25, -0.2) is 4.39 Å². The second kappa shape index (κ2) is 3.42. The zero-order valence-electron chi connectivity index (χ0n) is 9.96. The lowest BCUT2D eigenvalue weighted by Gasteiger charge is -2.33. The third-order valence-electron chi connectivity index (χ3n) is 3.72. The fourth-order valence-corrected chi connectivity index (χ4v) is 3.68. The van der Waals surface area contributed by atoms with Crippen molar-refractivity contribution in [2.75, 3.05) is 13.1 Å². The van der Waals surface area contributed by atoms with Crippen LogP contribution in [0.5, 0.6) is 0 Å². The molecule has 2 fully saturated rings. The largest absolute Gasteiger partial charge is 0.389 e.